The zero-order valence-electron chi connectivity index (χ0n) is 18.0. The van der Waals surface area contributed by atoms with Crippen LogP contribution in [-0.2, 0) is 9.59 Å². The first-order chi connectivity index (χ1) is 15.3. The van der Waals surface area contributed by atoms with Gasteiger partial charge >= 0.3 is 0 Å². The molecule has 32 heavy (non-hydrogen) atoms. The van der Waals surface area contributed by atoms with Gasteiger partial charge in [0.05, 0.1) is 10.5 Å². The number of rotatable bonds is 5. The zero-order chi connectivity index (χ0) is 23.0. The summed E-state index contributed by atoms with van der Waals surface area (Å²) in [5.74, 6) is -0.156. The van der Waals surface area contributed by atoms with E-state index in [1.54, 1.807) is 29.3 Å². The van der Waals surface area contributed by atoms with E-state index < -0.39 is 0 Å². The molecule has 4 rings (SSSR count). The van der Waals surface area contributed by atoms with Crippen molar-refractivity contribution in [2.45, 2.75) is 39.2 Å². The van der Waals surface area contributed by atoms with E-state index in [1.165, 1.54) is 16.2 Å². The highest BCUT2D eigenvalue weighted by Crippen LogP contribution is 2.35. The fraction of sp³-hybridized carbons (Fsp3) is 0.409. The number of nitrogens with zero attached hydrogens (tertiary/aromatic N) is 4. The summed E-state index contributed by atoms with van der Waals surface area (Å²) in [6.07, 6.45) is 5.25. The minimum Gasteiger partial charge on any atom is -0.369 e. The lowest BCUT2D eigenvalue weighted by molar-refractivity contribution is -0.123. The topological polar surface area (TPSA) is 101 Å². The second-order valence-corrected chi connectivity index (χ2v) is 9.73. The average Bonchev–Trinajstić information content (AvgIpc) is 3.07. The third kappa shape index (κ3) is 4.04. The number of thioether (sulfide) groups is 1. The number of nitrogens with two attached hydrogens (primary N) is 1. The first kappa shape index (κ1) is 22.5. The number of fused-ring (bicyclic) bond motifs is 1. The van der Waals surface area contributed by atoms with Gasteiger partial charge in [-0.05, 0) is 44.4 Å². The van der Waals surface area contributed by atoms with Crippen molar-refractivity contribution in [3.05, 3.63) is 45.2 Å². The maximum atomic E-state index is 13.4. The molecule has 1 unspecified atom stereocenters. The van der Waals surface area contributed by atoms with Gasteiger partial charge in [-0.25, -0.2) is 4.98 Å². The van der Waals surface area contributed by atoms with Crippen LogP contribution in [-0.4, -0.2) is 49.6 Å². The summed E-state index contributed by atoms with van der Waals surface area (Å²) in [6.45, 7) is 5.06. The van der Waals surface area contributed by atoms with Gasteiger partial charge in [0.15, 0.2) is 0 Å². The molecule has 0 bridgehead atoms. The number of hydrogen-bond donors (Lipinski definition) is 1. The Balaban J connectivity index is 1.79. The highest BCUT2D eigenvalue weighted by atomic mass is 32.2. The number of piperidine rings is 1. The largest absolute Gasteiger partial charge is 0.369 e. The molecular weight excluding hydrogens is 446 g/mol. The number of aromatic nitrogens is 2. The Labute approximate surface area is 195 Å². The molecule has 4 heterocycles. The number of primary amides is 1. The summed E-state index contributed by atoms with van der Waals surface area (Å²) in [5.41, 5.74) is 6.08. The SMILES string of the molecule is CCC(C)N1C(=O)C(=Cc2c(N3CCC(C(N)=O)CC3)nc3ccccn3c2=O)SC1=S. The summed E-state index contributed by atoms with van der Waals surface area (Å²) in [5, 5.41) is 0. The van der Waals surface area contributed by atoms with Gasteiger partial charge in [0.25, 0.3) is 11.5 Å². The highest BCUT2D eigenvalue weighted by molar-refractivity contribution is 8.26. The van der Waals surface area contributed by atoms with Crippen molar-refractivity contribution in [1.29, 1.82) is 0 Å². The minimum atomic E-state index is -0.301. The monoisotopic (exact) mass is 471 g/mol. The fourth-order valence-electron chi connectivity index (χ4n) is 4.01. The van der Waals surface area contributed by atoms with E-state index in [9.17, 15) is 14.4 Å². The molecule has 2 aromatic heterocycles. The van der Waals surface area contributed by atoms with Crippen LogP contribution in [0, 0.1) is 5.92 Å². The van der Waals surface area contributed by atoms with Crippen LogP contribution >= 0.6 is 24.0 Å². The van der Waals surface area contributed by atoms with Gasteiger partial charge in [-0.1, -0.05) is 37.0 Å². The molecule has 2 aliphatic heterocycles. The molecule has 10 heteroatoms. The summed E-state index contributed by atoms with van der Waals surface area (Å²) in [4.78, 5) is 46.8. The first-order valence-corrected chi connectivity index (χ1v) is 11.9. The summed E-state index contributed by atoms with van der Waals surface area (Å²) in [6, 6.07) is 5.34. The van der Waals surface area contributed by atoms with Crippen molar-refractivity contribution in [3.63, 3.8) is 0 Å². The van der Waals surface area contributed by atoms with Crippen LogP contribution in [0.3, 0.4) is 0 Å². The number of anilines is 1. The lowest BCUT2D eigenvalue weighted by Crippen LogP contribution is -2.40. The van der Waals surface area contributed by atoms with Gasteiger partial charge < -0.3 is 10.6 Å². The van der Waals surface area contributed by atoms with Gasteiger partial charge in [0.2, 0.25) is 5.91 Å². The van der Waals surface area contributed by atoms with Gasteiger partial charge in [-0.15, -0.1) is 0 Å². The molecule has 168 valence electrons. The summed E-state index contributed by atoms with van der Waals surface area (Å²) in [7, 11) is 0. The van der Waals surface area contributed by atoms with E-state index in [0.29, 0.717) is 52.2 Å². The number of hydrogen-bond acceptors (Lipinski definition) is 7. The van der Waals surface area contributed by atoms with Crippen LogP contribution in [0.1, 0.15) is 38.7 Å². The fourth-order valence-corrected chi connectivity index (χ4v) is 5.45. The lowest BCUT2D eigenvalue weighted by atomic mass is 9.96. The maximum absolute atomic E-state index is 13.4. The molecule has 1 atom stereocenters. The Bertz CT molecular complexity index is 1180. The molecule has 2 aromatic rings. The van der Waals surface area contributed by atoms with Gasteiger partial charge in [0, 0.05) is 31.2 Å². The average molecular weight is 472 g/mol. The Morgan fingerprint density at radius 1 is 1.34 bits per heavy atom. The van der Waals surface area contributed by atoms with Crippen LogP contribution in [0.2, 0.25) is 0 Å². The molecule has 8 nitrogen and oxygen atoms in total. The predicted molar refractivity (Wildman–Crippen MR) is 130 cm³/mol. The Morgan fingerprint density at radius 3 is 2.72 bits per heavy atom. The number of amides is 2. The van der Waals surface area contributed by atoms with Gasteiger partial charge in [0.1, 0.15) is 15.8 Å². The van der Waals surface area contributed by atoms with Crippen molar-refractivity contribution in [2.75, 3.05) is 18.0 Å². The number of carbonyl (C=O) groups is 2. The maximum Gasteiger partial charge on any atom is 0.267 e. The Kier molecular flexibility index (Phi) is 6.34. The van der Waals surface area contributed by atoms with E-state index in [0.717, 1.165) is 6.42 Å². The van der Waals surface area contributed by atoms with E-state index in [-0.39, 0.29) is 29.3 Å². The standard InChI is InChI=1S/C22H25N5O3S2/c1-3-13(2)27-21(30)16(32-22(27)31)12-15-19(25-10-7-14(8-11-25)18(23)28)24-17-6-4-5-9-26(17)20(15)29/h4-6,9,12-14H,3,7-8,10-11H2,1-2H3,(H2,23,28). The second-order valence-electron chi connectivity index (χ2n) is 8.06. The van der Waals surface area contributed by atoms with Crippen molar-refractivity contribution < 1.29 is 9.59 Å². The number of carbonyl (C=O) groups excluding carboxylic acids is 2. The first-order valence-electron chi connectivity index (χ1n) is 10.6. The molecular formula is C22H25N5O3S2. The normalized spacial score (nSPS) is 19.9. The summed E-state index contributed by atoms with van der Waals surface area (Å²) >= 11 is 6.64. The Morgan fingerprint density at radius 2 is 2.06 bits per heavy atom. The second kappa shape index (κ2) is 9.03. The van der Waals surface area contributed by atoms with E-state index in [2.05, 4.69) is 0 Å². The molecule has 0 aliphatic carbocycles. The van der Waals surface area contributed by atoms with Crippen LogP contribution in [0.15, 0.2) is 34.1 Å². The third-order valence-corrected chi connectivity index (χ3v) is 7.41. The van der Waals surface area contributed by atoms with Crippen molar-refractivity contribution in [2.24, 2.45) is 11.7 Å². The van der Waals surface area contributed by atoms with Gasteiger partial charge in [-0.2, -0.15) is 0 Å². The molecule has 0 saturated carbocycles. The van der Waals surface area contributed by atoms with E-state index in [4.69, 9.17) is 22.9 Å². The van der Waals surface area contributed by atoms with E-state index >= 15 is 0 Å². The Hall–Kier alpha value is -2.72. The van der Waals surface area contributed by atoms with Crippen LogP contribution in [0.4, 0.5) is 5.82 Å². The third-order valence-electron chi connectivity index (χ3n) is 6.08. The zero-order valence-corrected chi connectivity index (χ0v) is 19.6. The van der Waals surface area contributed by atoms with Crippen molar-refractivity contribution >= 4 is 57.7 Å². The van der Waals surface area contributed by atoms with Crippen LogP contribution in [0.25, 0.3) is 11.7 Å². The molecule has 0 spiro atoms. The molecule has 2 N–H and O–H groups in total. The smallest absolute Gasteiger partial charge is 0.267 e. The molecule has 0 aromatic carbocycles. The van der Waals surface area contributed by atoms with E-state index in [1.807, 2.05) is 24.8 Å². The van der Waals surface area contributed by atoms with Gasteiger partial charge in [-0.3, -0.25) is 23.7 Å². The lowest BCUT2D eigenvalue weighted by Gasteiger charge is -2.32. The van der Waals surface area contributed by atoms with Crippen LogP contribution < -0.4 is 16.2 Å². The molecule has 2 amide bonds. The molecule has 0 radical (unpaired) electrons. The molecule has 2 saturated heterocycles. The van der Waals surface area contributed by atoms with Crippen molar-refractivity contribution in [1.82, 2.24) is 14.3 Å². The molecule has 2 aliphatic rings. The number of pyridine rings is 1. The van der Waals surface area contributed by atoms with Crippen LogP contribution in [0.5, 0.6) is 0 Å². The number of thiocarbonyl (C=S) groups is 1. The molecule has 2 fully saturated rings. The minimum absolute atomic E-state index is 0.0171. The predicted octanol–water partition coefficient (Wildman–Crippen LogP) is 2.40. The van der Waals surface area contributed by atoms with Crippen molar-refractivity contribution in [3.8, 4) is 0 Å². The summed E-state index contributed by atoms with van der Waals surface area (Å²) < 4.78 is 1.97. The quantitative estimate of drug-likeness (QED) is 0.528. The highest BCUT2D eigenvalue weighted by Gasteiger charge is 2.35.